The SMILES string of the molecule is Cc1nc(NC(=O)CCn2nc(C)c(Cl)c2C)sc1C. The summed E-state index contributed by atoms with van der Waals surface area (Å²) in [6.07, 6.45) is 0.343. The third-order valence-corrected chi connectivity index (χ3v) is 4.65. The van der Waals surface area contributed by atoms with Gasteiger partial charge in [-0.1, -0.05) is 11.6 Å². The first-order valence-corrected chi connectivity index (χ1v) is 7.51. The Labute approximate surface area is 127 Å². The van der Waals surface area contributed by atoms with E-state index in [2.05, 4.69) is 15.4 Å². The molecule has 108 valence electrons. The fourth-order valence-corrected chi connectivity index (χ4v) is 2.77. The number of nitrogens with one attached hydrogen (secondary N) is 1. The molecule has 7 heteroatoms. The van der Waals surface area contributed by atoms with Crippen molar-refractivity contribution in [1.29, 1.82) is 0 Å². The second-order valence-electron chi connectivity index (χ2n) is 4.67. The van der Waals surface area contributed by atoms with Gasteiger partial charge in [0.2, 0.25) is 5.91 Å². The number of hydrogen-bond acceptors (Lipinski definition) is 4. The highest BCUT2D eigenvalue weighted by Gasteiger charge is 2.12. The van der Waals surface area contributed by atoms with E-state index < -0.39 is 0 Å². The highest BCUT2D eigenvalue weighted by Crippen LogP contribution is 2.22. The summed E-state index contributed by atoms with van der Waals surface area (Å²) in [4.78, 5) is 17.3. The van der Waals surface area contributed by atoms with E-state index in [0.717, 1.165) is 22.0 Å². The Morgan fingerprint density at radius 1 is 1.30 bits per heavy atom. The second kappa shape index (κ2) is 5.93. The zero-order chi connectivity index (χ0) is 14.9. The van der Waals surface area contributed by atoms with Crippen LogP contribution >= 0.6 is 22.9 Å². The molecule has 1 amide bonds. The minimum Gasteiger partial charge on any atom is -0.302 e. The van der Waals surface area contributed by atoms with Crippen LogP contribution in [-0.4, -0.2) is 20.7 Å². The number of aromatic nitrogens is 3. The number of thiazole rings is 1. The Hall–Kier alpha value is -1.40. The molecule has 5 nitrogen and oxygen atoms in total. The van der Waals surface area contributed by atoms with Crippen LogP contribution in [0.25, 0.3) is 0 Å². The van der Waals surface area contributed by atoms with Gasteiger partial charge in [-0.2, -0.15) is 5.10 Å². The van der Waals surface area contributed by atoms with Crippen molar-refractivity contribution < 1.29 is 4.79 Å². The van der Waals surface area contributed by atoms with Crippen molar-refractivity contribution in [3.05, 3.63) is 27.0 Å². The van der Waals surface area contributed by atoms with Gasteiger partial charge in [0.1, 0.15) is 0 Å². The van der Waals surface area contributed by atoms with Crippen molar-refractivity contribution in [1.82, 2.24) is 14.8 Å². The summed E-state index contributed by atoms with van der Waals surface area (Å²) in [6.45, 7) is 8.18. The summed E-state index contributed by atoms with van der Waals surface area (Å²) in [6, 6.07) is 0. The summed E-state index contributed by atoms with van der Waals surface area (Å²) in [7, 11) is 0. The summed E-state index contributed by atoms with van der Waals surface area (Å²) < 4.78 is 1.76. The van der Waals surface area contributed by atoms with Crippen LogP contribution in [0.1, 0.15) is 28.4 Å². The average Bonchev–Trinajstić information content (AvgIpc) is 2.82. The summed E-state index contributed by atoms with van der Waals surface area (Å²) in [5.41, 5.74) is 2.63. The van der Waals surface area contributed by atoms with Gasteiger partial charge in [0.05, 0.1) is 28.6 Å². The zero-order valence-corrected chi connectivity index (χ0v) is 13.5. The Bertz CT molecular complexity index is 628. The maximum atomic E-state index is 11.9. The monoisotopic (exact) mass is 312 g/mol. The van der Waals surface area contributed by atoms with Gasteiger partial charge in [0, 0.05) is 11.3 Å². The first-order valence-electron chi connectivity index (χ1n) is 6.32. The molecule has 20 heavy (non-hydrogen) atoms. The smallest absolute Gasteiger partial charge is 0.228 e. The Kier molecular flexibility index (Phi) is 4.45. The van der Waals surface area contributed by atoms with Crippen molar-refractivity contribution in [3.63, 3.8) is 0 Å². The normalized spacial score (nSPS) is 10.8. The van der Waals surface area contributed by atoms with Crippen molar-refractivity contribution >= 4 is 34.0 Å². The number of hydrogen-bond donors (Lipinski definition) is 1. The molecule has 0 aliphatic rings. The van der Waals surface area contributed by atoms with Gasteiger partial charge >= 0.3 is 0 Å². The molecule has 2 aromatic heterocycles. The molecule has 0 saturated carbocycles. The lowest BCUT2D eigenvalue weighted by molar-refractivity contribution is -0.116. The number of carbonyl (C=O) groups is 1. The highest BCUT2D eigenvalue weighted by atomic mass is 35.5. The van der Waals surface area contributed by atoms with Crippen LogP contribution in [0.2, 0.25) is 5.02 Å². The van der Waals surface area contributed by atoms with E-state index >= 15 is 0 Å². The Balaban J connectivity index is 1.93. The standard InChI is InChI=1S/C13H17ClN4OS/c1-7-10(4)20-13(15-7)16-11(19)5-6-18-9(3)12(14)8(2)17-18/h5-6H2,1-4H3,(H,15,16,19). The molecular formula is C13H17ClN4OS. The predicted molar refractivity (Wildman–Crippen MR) is 81.5 cm³/mol. The van der Waals surface area contributed by atoms with Crippen molar-refractivity contribution in [3.8, 4) is 0 Å². The summed E-state index contributed by atoms with van der Waals surface area (Å²) in [5.74, 6) is -0.0672. The molecule has 0 aromatic carbocycles. The number of rotatable bonds is 4. The summed E-state index contributed by atoms with van der Waals surface area (Å²) in [5, 5.41) is 8.42. The van der Waals surface area contributed by atoms with E-state index in [4.69, 9.17) is 11.6 Å². The van der Waals surface area contributed by atoms with Gasteiger partial charge < -0.3 is 5.32 Å². The largest absolute Gasteiger partial charge is 0.302 e. The van der Waals surface area contributed by atoms with Gasteiger partial charge in [-0.25, -0.2) is 4.98 Å². The summed E-state index contributed by atoms with van der Waals surface area (Å²) >= 11 is 7.56. The fraction of sp³-hybridized carbons (Fsp3) is 0.462. The van der Waals surface area contributed by atoms with Gasteiger partial charge in [0.25, 0.3) is 0 Å². The first-order chi connectivity index (χ1) is 9.38. The fourth-order valence-electron chi connectivity index (χ4n) is 1.81. The van der Waals surface area contributed by atoms with Crippen LogP contribution in [0.4, 0.5) is 5.13 Å². The maximum absolute atomic E-state index is 11.9. The maximum Gasteiger partial charge on any atom is 0.228 e. The lowest BCUT2D eigenvalue weighted by Gasteiger charge is -2.04. The predicted octanol–water partition coefficient (Wildman–Crippen LogP) is 3.26. The van der Waals surface area contributed by atoms with Crippen LogP contribution in [0.3, 0.4) is 0 Å². The zero-order valence-electron chi connectivity index (χ0n) is 12.0. The molecule has 2 rings (SSSR count). The third-order valence-electron chi connectivity index (χ3n) is 3.12. The molecular weight excluding hydrogens is 296 g/mol. The number of amides is 1. The third kappa shape index (κ3) is 3.19. The van der Waals surface area contributed by atoms with Crippen LogP contribution in [0.15, 0.2) is 0 Å². The van der Waals surface area contributed by atoms with Crippen LogP contribution in [-0.2, 0) is 11.3 Å². The van der Waals surface area contributed by atoms with Crippen LogP contribution in [0.5, 0.6) is 0 Å². The quantitative estimate of drug-likeness (QED) is 0.942. The van der Waals surface area contributed by atoms with Crippen molar-refractivity contribution in [2.24, 2.45) is 0 Å². The molecule has 1 N–H and O–H groups in total. The molecule has 0 atom stereocenters. The van der Waals surface area contributed by atoms with Gasteiger partial charge in [-0.15, -0.1) is 11.3 Å². The number of nitrogens with zero attached hydrogens (tertiary/aromatic N) is 3. The molecule has 2 aromatic rings. The molecule has 0 aliphatic heterocycles. The second-order valence-corrected chi connectivity index (χ2v) is 6.25. The molecule has 0 aliphatic carbocycles. The van der Waals surface area contributed by atoms with Crippen molar-refractivity contribution in [2.75, 3.05) is 5.32 Å². The molecule has 0 saturated heterocycles. The number of halogens is 1. The van der Waals surface area contributed by atoms with Crippen LogP contribution < -0.4 is 5.32 Å². The Morgan fingerprint density at radius 3 is 2.50 bits per heavy atom. The Morgan fingerprint density at radius 2 is 2.00 bits per heavy atom. The first kappa shape index (κ1) is 15.0. The molecule has 2 heterocycles. The molecule has 0 bridgehead atoms. The van der Waals surface area contributed by atoms with E-state index in [1.165, 1.54) is 11.3 Å². The molecule has 0 spiro atoms. The minimum atomic E-state index is -0.0672. The van der Waals surface area contributed by atoms with E-state index in [9.17, 15) is 4.79 Å². The highest BCUT2D eigenvalue weighted by molar-refractivity contribution is 7.15. The lowest BCUT2D eigenvalue weighted by Crippen LogP contribution is -2.15. The van der Waals surface area contributed by atoms with E-state index in [1.54, 1.807) is 4.68 Å². The molecule has 0 radical (unpaired) electrons. The van der Waals surface area contributed by atoms with Gasteiger partial charge in [-0.3, -0.25) is 9.48 Å². The number of aryl methyl sites for hydroxylation is 4. The number of carbonyl (C=O) groups excluding carboxylic acids is 1. The molecule has 0 unspecified atom stereocenters. The van der Waals surface area contributed by atoms with Crippen molar-refractivity contribution in [2.45, 2.75) is 40.7 Å². The van der Waals surface area contributed by atoms with Gasteiger partial charge in [-0.05, 0) is 27.7 Å². The lowest BCUT2D eigenvalue weighted by atomic mass is 10.3. The van der Waals surface area contributed by atoms with E-state index in [0.29, 0.717) is 23.1 Å². The average molecular weight is 313 g/mol. The number of anilines is 1. The van der Waals surface area contributed by atoms with E-state index in [-0.39, 0.29) is 5.91 Å². The van der Waals surface area contributed by atoms with E-state index in [1.807, 2.05) is 27.7 Å². The molecule has 0 fully saturated rings. The van der Waals surface area contributed by atoms with Crippen LogP contribution in [0, 0.1) is 27.7 Å². The van der Waals surface area contributed by atoms with Gasteiger partial charge in [0.15, 0.2) is 5.13 Å². The minimum absolute atomic E-state index is 0.0672. The topological polar surface area (TPSA) is 59.8 Å².